The van der Waals surface area contributed by atoms with E-state index in [0.717, 1.165) is 49.8 Å². The van der Waals surface area contributed by atoms with Gasteiger partial charge in [0.15, 0.2) is 0 Å². The van der Waals surface area contributed by atoms with Gasteiger partial charge in [0.25, 0.3) is 5.56 Å². The molecule has 0 atom stereocenters. The minimum Gasteiger partial charge on any atom is -0.377 e. The van der Waals surface area contributed by atoms with Crippen molar-refractivity contribution in [2.75, 3.05) is 29.9 Å². The molecule has 1 N–H and O–H groups in total. The van der Waals surface area contributed by atoms with Crippen LogP contribution in [-0.2, 0) is 11.3 Å². The lowest BCUT2D eigenvalue weighted by Crippen LogP contribution is -2.29. The quantitative estimate of drug-likeness (QED) is 0.566. The molecule has 4 heterocycles. The summed E-state index contributed by atoms with van der Waals surface area (Å²) in [6, 6.07) is 6.10. The van der Waals surface area contributed by atoms with Crippen LogP contribution in [0.3, 0.4) is 0 Å². The summed E-state index contributed by atoms with van der Waals surface area (Å²) in [5, 5.41) is 4.08. The van der Waals surface area contributed by atoms with Crippen LogP contribution < -0.4 is 15.8 Å². The lowest BCUT2D eigenvalue weighted by Gasteiger charge is -2.28. The van der Waals surface area contributed by atoms with Crippen LogP contribution in [0.4, 0.5) is 17.5 Å². The lowest BCUT2D eigenvalue weighted by atomic mass is 10.1. The molecule has 0 spiro atoms. The Labute approximate surface area is 194 Å². The molecular formula is C25H32N6O2. The predicted molar refractivity (Wildman–Crippen MR) is 130 cm³/mol. The van der Waals surface area contributed by atoms with Gasteiger partial charge in [0.1, 0.15) is 11.5 Å². The fourth-order valence-corrected chi connectivity index (χ4v) is 4.97. The van der Waals surface area contributed by atoms with E-state index < -0.39 is 0 Å². The average Bonchev–Trinajstić information content (AvgIpc) is 3.38. The van der Waals surface area contributed by atoms with Gasteiger partial charge in [-0.15, -0.1) is 0 Å². The standard InChI is InChI=1S/C25H32N6O2/c1-2-33-17-19-14-18-15-27-25(29-23(18)31(24(19)32)20-8-4-5-9-20)28-22-11-10-21(16-26-22)30-12-6-3-7-13-30/h10-11,14-16,20H,2-9,12-13,17H2,1H3,(H,26,27,28,29). The maximum atomic E-state index is 13.3. The van der Waals surface area contributed by atoms with Gasteiger partial charge in [-0.05, 0) is 57.2 Å². The molecule has 8 nitrogen and oxygen atoms in total. The van der Waals surface area contributed by atoms with Crippen molar-refractivity contribution in [3.05, 3.63) is 46.5 Å². The number of nitrogens with one attached hydrogen (secondary N) is 1. The van der Waals surface area contributed by atoms with E-state index in [1.54, 1.807) is 6.20 Å². The fraction of sp³-hybridized carbons (Fsp3) is 0.520. The summed E-state index contributed by atoms with van der Waals surface area (Å²) in [7, 11) is 0. The second-order valence-electron chi connectivity index (χ2n) is 8.97. The minimum atomic E-state index is -0.00323. The Hall–Kier alpha value is -3.00. The van der Waals surface area contributed by atoms with Crippen molar-refractivity contribution in [3.8, 4) is 0 Å². The van der Waals surface area contributed by atoms with E-state index in [1.165, 1.54) is 19.3 Å². The molecule has 2 fully saturated rings. The van der Waals surface area contributed by atoms with Crippen molar-refractivity contribution in [2.45, 2.75) is 64.5 Å². The molecule has 1 saturated carbocycles. The number of anilines is 3. The molecule has 5 rings (SSSR count). The number of fused-ring (bicyclic) bond motifs is 1. The fourth-order valence-electron chi connectivity index (χ4n) is 4.97. The maximum absolute atomic E-state index is 13.3. The molecule has 0 unspecified atom stereocenters. The normalized spacial score (nSPS) is 17.1. The number of nitrogens with zero attached hydrogens (tertiary/aromatic N) is 5. The van der Waals surface area contributed by atoms with Crippen LogP contribution in [-0.4, -0.2) is 39.2 Å². The topological polar surface area (TPSA) is 85.2 Å². The maximum Gasteiger partial charge on any atom is 0.258 e. The summed E-state index contributed by atoms with van der Waals surface area (Å²) in [4.78, 5) is 29.5. The van der Waals surface area contributed by atoms with Gasteiger partial charge >= 0.3 is 0 Å². The van der Waals surface area contributed by atoms with Crippen LogP contribution in [0, 0.1) is 0 Å². The van der Waals surface area contributed by atoms with Crippen molar-refractivity contribution in [1.29, 1.82) is 0 Å². The van der Waals surface area contributed by atoms with Gasteiger partial charge in [-0.1, -0.05) is 12.8 Å². The molecule has 0 bridgehead atoms. The summed E-state index contributed by atoms with van der Waals surface area (Å²) in [6.45, 7) is 5.00. The molecule has 33 heavy (non-hydrogen) atoms. The predicted octanol–water partition coefficient (Wildman–Crippen LogP) is 4.57. The molecule has 0 radical (unpaired) electrons. The second-order valence-corrected chi connectivity index (χ2v) is 8.97. The first kappa shape index (κ1) is 21.8. The number of piperidine rings is 1. The third kappa shape index (κ3) is 4.71. The van der Waals surface area contributed by atoms with Crippen molar-refractivity contribution in [1.82, 2.24) is 19.5 Å². The van der Waals surface area contributed by atoms with Crippen LogP contribution >= 0.6 is 0 Å². The summed E-state index contributed by atoms with van der Waals surface area (Å²) in [5.41, 5.74) is 2.48. The molecule has 1 saturated heterocycles. The number of ether oxygens (including phenoxy) is 1. The van der Waals surface area contributed by atoms with E-state index in [9.17, 15) is 4.79 Å². The highest BCUT2D eigenvalue weighted by molar-refractivity contribution is 5.76. The highest BCUT2D eigenvalue weighted by Crippen LogP contribution is 2.31. The third-order valence-corrected chi connectivity index (χ3v) is 6.71. The van der Waals surface area contributed by atoms with Gasteiger partial charge in [-0.3, -0.25) is 9.36 Å². The molecule has 1 aliphatic carbocycles. The largest absolute Gasteiger partial charge is 0.377 e. The first-order chi connectivity index (χ1) is 16.2. The Balaban J connectivity index is 1.44. The number of rotatable bonds is 7. The Kier molecular flexibility index (Phi) is 6.53. The lowest BCUT2D eigenvalue weighted by molar-refractivity contribution is 0.133. The van der Waals surface area contributed by atoms with Crippen LogP contribution in [0.1, 0.15) is 63.5 Å². The van der Waals surface area contributed by atoms with Gasteiger partial charge < -0.3 is 15.0 Å². The molecule has 2 aliphatic rings. The first-order valence-electron chi connectivity index (χ1n) is 12.2. The average molecular weight is 449 g/mol. The van der Waals surface area contributed by atoms with Gasteiger partial charge in [-0.25, -0.2) is 9.97 Å². The van der Waals surface area contributed by atoms with E-state index in [0.29, 0.717) is 36.2 Å². The molecule has 3 aromatic heterocycles. The van der Waals surface area contributed by atoms with E-state index in [-0.39, 0.29) is 11.6 Å². The van der Waals surface area contributed by atoms with Crippen molar-refractivity contribution >= 4 is 28.5 Å². The SMILES string of the molecule is CCOCc1cc2cnc(Nc3ccc(N4CCCCC4)cn3)nc2n(C2CCCC2)c1=O. The number of hydrogen-bond donors (Lipinski definition) is 1. The molecule has 1 aliphatic heterocycles. The molecular weight excluding hydrogens is 416 g/mol. The molecule has 0 amide bonds. The molecule has 174 valence electrons. The van der Waals surface area contributed by atoms with Crippen LogP contribution in [0.5, 0.6) is 0 Å². The molecule has 0 aromatic carbocycles. The summed E-state index contributed by atoms with van der Waals surface area (Å²) in [5.74, 6) is 1.14. The number of aromatic nitrogens is 4. The summed E-state index contributed by atoms with van der Waals surface area (Å²) < 4.78 is 7.42. The van der Waals surface area contributed by atoms with E-state index in [4.69, 9.17) is 9.72 Å². The van der Waals surface area contributed by atoms with Crippen molar-refractivity contribution in [2.24, 2.45) is 0 Å². The van der Waals surface area contributed by atoms with Gasteiger partial charge in [-0.2, -0.15) is 4.98 Å². The smallest absolute Gasteiger partial charge is 0.258 e. The molecule has 8 heteroatoms. The Morgan fingerprint density at radius 3 is 2.61 bits per heavy atom. The Bertz CT molecular complexity index is 1150. The number of pyridine rings is 2. The highest BCUT2D eigenvalue weighted by Gasteiger charge is 2.23. The zero-order valence-corrected chi connectivity index (χ0v) is 19.3. The monoisotopic (exact) mass is 448 g/mol. The summed E-state index contributed by atoms with van der Waals surface area (Å²) in [6.07, 6.45) is 11.7. The van der Waals surface area contributed by atoms with E-state index in [1.807, 2.05) is 29.8 Å². The van der Waals surface area contributed by atoms with Gasteiger partial charge in [0, 0.05) is 42.9 Å². The van der Waals surface area contributed by atoms with E-state index >= 15 is 0 Å². The van der Waals surface area contributed by atoms with Crippen LogP contribution in [0.2, 0.25) is 0 Å². The number of hydrogen-bond acceptors (Lipinski definition) is 7. The zero-order chi connectivity index (χ0) is 22.6. The summed E-state index contributed by atoms with van der Waals surface area (Å²) >= 11 is 0. The Morgan fingerprint density at radius 1 is 1.06 bits per heavy atom. The zero-order valence-electron chi connectivity index (χ0n) is 19.3. The third-order valence-electron chi connectivity index (χ3n) is 6.71. The minimum absolute atomic E-state index is 0.00323. The van der Waals surface area contributed by atoms with Gasteiger partial charge in [0.2, 0.25) is 5.95 Å². The van der Waals surface area contributed by atoms with Crippen LogP contribution in [0.25, 0.3) is 11.0 Å². The highest BCUT2D eigenvalue weighted by atomic mass is 16.5. The first-order valence-corrected chi connectivity index (χ1v) is 12.2. The van der Waals surface area contributed by atoms with E-state index in [2.05, 4.69) is 26.3 Å². The van der Waals surface area contributed by atoms with Gasteiger partial charge in [0.05, 0.1) is 18.5 Å². The molecule has 3 aromatic rings. The van der Waals surface area contributed by atoms with Crippen molar-refractivity contribution < 1.29 is 4.74 Å². The second kappa shape index (κ2) is 9.87. The van der Waals surface area contributed by atoms with Crippen LogP contribution in [0.15, 0.2) is 35.4 Å². The van der Waals surface area contributed by atoms with Crippen molar-refractivity contribution in [3.63, 3.8) is 0 Å². The Morgan fingerprint density at radius 2 is 1.88 bits per heavy atom.